The van der Waals surface area contributed by atoms with E-state index >= 15 is 0 Å². The molecule has 0 unspecified atom stereocenters. The molecule has 6 rings (SSSR count). The number of carboxylic acid groups (broad SMARTS) is 2. The standard InChI is InChI=1S/2C24H35N5O3.C4H6O4/c2*1-5-14-32-21-9-8-17(25-22(30)16-29-12-10-28(4)11-13-29)15-19(21)23-26-20(7-3)18(6-2)24(31)27-23;5-3(6)1-2-4(7)8/h2*8-9,15H,5-7,10-14,16H2,1-4H3,(H,25,30)(H,26,27,31);1-2H2,(H,5,6)(H,7,8). The topological polar surface area (TPSA) is 256 Å². The maximum Gasteiger partial charge on any atom is 0.303 e. The number of piperazine rings is 2. The summed E-state index contributed by atoms with van der Waals surface area (Å²) in [5.74, 6) is -0.0632. The predicted molar refractivity (Wildman–Crippen MR) is 279 cm³/mol. The second-order valence-corrected chi connectivity index (χ2v) is 17.8. The molecule has 20 nitrogen and oxygen atoms in total. The Hall–Kier alpha value is -6.48. The predicted octanol–water partition coefficient (Wildman–Crippen LogP) is 5.01. The van der Waals surface area contributed by atoms with Crippen molar-refractivity contribution in [1.82, 2.24) is 39.5 Å². The highest BCUT2D eigenvalue weighted by atomic mass is 16.5. The fourth-order valence-corrected chi connectivity index (χ4v) is 7.95. The van der Waals surface area contributed by atoms with Gasteiger partial charge in [0.05, 0.1) is 61.7 Å². The molecule has 4 aromatic rings. The first-order valence-electron chi connectivity index (χ1n) is 25.2. The summed E-state index contributed by atoms with van der Waals surface area (Å²) in [6.45, 7) is 21.2. The van der Waals surface area contributed by atoms with Crippen molar-refractivity contribution < 1.29 is 38.9 Å². The Kier molecular flexibility index (Phi) is 24.0. The van der Waals surface area contributed by atoms with Crippen LogP contribution in [0.25, 0.3) is 22.8 Å². The molecule has 2 aromatic heterocycles. The number of nitrogens with one attached hydrogen (secondary N) is 4. The highest BCUT2D eigenvalue weighted by molar-refractivity contribution is 5.94. The van der Waals surface area contributed by atoms with Gasteiger partial charge in [0.25, 0.3) is 11.1 Å². The summed E-state index contributed by atoms with van der Waals surface area (Å²) in [6.07, 6.45) is 3.74. The minimum atomic E-state index is -1.08. The normalized spacial score (nSPS) is 14.3. The number of hydrogen-bond acceptors (Lipinski definition) is 14. The van der Waals surface area contributed by atoms with Crippen LogP contribution in [0.15, 0.2) is 46.0 Å². The zero-order valence-corrected chi connectivity index (χ0v) is 43.4. The molecule has 4 heterocycles. The van der Waals surface area contributed by atoms with Gasteiger partial charge in [-0.1, -0.05) is 41.5 Å². The fourth-order valence-electron chi connectivity index (χ4n) is 7.95. The number of H-pyrrole nitrogens is 2. The quantitative estimate of drug-likeness (QED) is 0.0642. The number of nitrogens with zero attached hydrogens (tertiary/aromatic N) is 6. The number of aromatic amines is 2. The minimum absolute atomic E-state index is 0.0558. The second-order valence-electron chi connectivity index (χ2n) is 17.8. The molecular formula is C52H76N10O10. The van der Waals surface area contributed by atoms with E-state index in [0.29, 0.717) is 109 Å². The molecule has 0 aliphatic carbocycles. The number of carbonyl (C=O) groups excluding carboxylic acids is 2. The van der Waals surface area contributed by atoms with Crippen molar-refractivity contribution in [3.8, 4) is 34.3 Å². The van der Waals surface area contributed by atoms with E-state index in [9.17, 15) is 28.8 Å². The van der Waals surface area contributed by atoms with Crippen LogP contribution in [-0.4, -0.2) is 166 Å². The zero-order valence-electron chi connectivity index (χ0n) is 43.4. The molecule has 0 bridgehead atoms. The lowest BCUT2D eigenvalue weighted by atomic mass is 10.1. The SMILES string of the molecule is CCCOc1ccc(NC(=O)CN2CCN(C)CC2)cc1-c1nc(CC)c(CC)c(=O)[nH]1.CCCOc1ccc(NC(=O)CN2CCN(C)CC2)cc1-c1nc(CC)c(CC)c(=O)[nH]1.O=C(O)CCC(=O)O. The molecule has 0 saturated carbocycles. The Bertz CT molecular complexity index is 2360. The Labute approximate surface area is 422 Å². The van der Waals surface area contributed by atoms with E-state index in [1.807, 2.05) is 77.9 Å². The maximum atomic E-state index is 12.6. The average molecular weight is 1000 g/mol. The third kappa shape index (κ3) is 18.3. The van der Waals surface area contributed by atoms with Crippen LogP contribution in [0.1, 0.15) is 89.7 Å². The number of likely N-dealkylation sites (N-methyl/N-ethyl adjacent to an activating group) is 2. The lowest BCUT2D eigenvalue weighted by molar-refractivity contribution is -0.143. The number of ether oxygens (including phenoxy) is 2. The molecule has 72 heavy (non-hydrogen) atoms. The van der Waals surface area contributed by atoms with Gasteiger partial charge in [-0.25, -0.2) is 9.97 Å². The van der Waals surface area contributed by atoms with Gasteiger partial charge in [0.2, 0.25) is 11.8 Å². The molecule has 0 spiro atoms. The Morgan fingerprint density at radius 1 is 0.569 bits per heavy atom. The van der Waals surface area contributed by atoms with Crippen molar-refractivity contribution in [3.05, 3.63) is 79.6 Å². The first-order valence-corrected chi connectivity index (χ1v) is 25.2. The molecular weight excluding hydrogens is 925 g/mol. The molecule has 2 aliphatic rings. The number of amides is 2. The first-order chi connectivity index (χ1) is 34.5. The highest BCUT2D eigenvalue weighted by Gasteiger charge is 2.21. The van der Waals surface area contributed by atoms with E-state index in [0.717, 1.165) is 76.6 Å². The molecule has 0 atom stereocenters. The number of aliphatic carboxylic acids is 2. The van der Waals surface area contributed by atoms with Gasteiger partial charge in [0.1, 0.15) is 23.1 Å². The first kappa shape index (κ1) is 58.1. The van der Waals surface area contributed by atoms with Crippen LogP contribution in [0.3, 0.4) is 0 Å². The largest absolute Gasteiger partial charge is 0.493 e. The highest BCUT2D eigenvalue weighted by Crippen LogP contribution is 2.32. The third-order valence-electron chi connectivity index (χ3n) is 12.0. The van der Waals surface area contributed by atoms with Crippen LogP contribution in [0.5, 0.6) is 11.5 Å². The molecule has 2 fully saturated rings. The van der Waals surface area contributed by atoms with Crippen molar-refractivity contribution in [2.75, 3.05) is 103 Å². The Balaban J connectivity index is 0.000000271. The summed E-state index contributed by atoms with van der Waals surface area (Å²) in [4.78, 5) is 93.9. The monoisotopic (exact) mass is 1000 g/mol. The van der Waals surface area contributed by atoms with Crippen LogP contribution in [0.4, 0.5) is 11.4 Å². The Morgan fingerprint density at radius 3 is 1.24 bits per heavy atom. The molecule has 6 N–H and O–H groups in total. The number of aromatic nitrogens is 4. The van der Waals surface area contributed by atoms with Crippen molar-refractivity contribution in [1.29, 1.82) is 0 Å². The third-order valence-corrected chi connectivity index (χ3v) is 12.0. The number of hydrogen-bond donors (Lipinski definition) is 6. The van der Waals surface area contributed by atoms with Crippen LogP contribution in [-0.2, 0) is 44.9 Å². The number of carboxylic acids is 2. The van der Waals surface area contributed by atoms with Crippen LogP contribution in [0.2, 0.25) is 0 Å². The van der Waals surface area contributed by atoms with Gasteiger partial charge in [-0.2, -0.15) is 0 Å². The molecule has 394 valence electrons. The van der Waals surface area contributed by atoms with E-state index < -0.39 is 11.9 Å². The second kappa shape index (κ2) is 29.8. The summed E-state index contributed by atoms with van der Waals surface area (Å²) in [7, 11) is 4.19. The molecule has 2 aliphatic heterocycles. The maximum absolute atomic E-state index is 12.6. The smallest absolute Gasteiger partial charge is 0.303 e. The van der Waals surface area contributed by atoms with Gasteiger partial charge in [0.15, 0.2) is 0 Å². The minimum Gasteiger partial charge on any atom is -0.493 e. The number of anilines is 2. The fraction of sp³-hybridized carbons (Fsp3) is 0.538. The number of carbonyl (C=O) groups is 4. The summed E-state index contributed by atoms with van der Waals surface area (Å²) in [5.41, 5.74) is 5.41. The summed E-state index contributed by atoms with van der Waals surface area (Å²) < 4.78 is 11.8. The summed E-state index contributed by atoms with van der Waals surface area (Å²) in [5, 5.41) is 21.8. The van der Waals surface area contributed by atoms with Crippen molar-refractivity contribution in [2.24, 2.45) is 0 Å². The van der Waals surface area contributed by atoms with E-state index in [-0.39, 0.29) is 35.8 Å². The Morgan fingerprint density at radius 2 is 0.931 bits per heavy atom. The van der Waals surface area contributed by atoms with Crippen molar-refractivity contribution >= 4 is 35.1 Å². The van der Waals surface area contributed by atoms with E-state index in [1.54, 1.807) is 0 Å². The number of aryl methyl sites for hydroxylation is 2. The van der Waals surface area contributed by atoms with Gasteiger partial charge < -0.3 is 50.1 Å². The number of benzene rings is 2. The molecule has 2 amide bonds. The summed E-state index contributed by atoms with van der Waals surface area (Å²) in [6, 6.07) is 11.0. The molecule has 0 radical (unpaired) electrons. The van der Waals surface area contributed by atoms with Crippen LogP contribution >= 0.6 is 0 Å². The average Bonchev–Trinajstić information content (AvgIpc) is 3.36. The lowest BCUT2D eigenvalue weighted by Crippen LogP contribution is -2.47. The van der Waals surface area contributed by atoms with Crippen LogP contribution < -0.4 is 31.2 Å². The summed E-state index contributed by atoms with van der Waals surface area (Å²) >= 11 is 0. The molecule has 2 saturated heterocycles. The molecule has 20 heteroatoms. The van der Waals surface area contributed by atoms with Gasteiger partial charge in [-0.3, -0.25) is 38.6 Å². The van der Waals surface area contributed by atoms with Crippen molar-refractivity contribution in [3.63, 3.8) is 0 Å². The van der Waals surface area contributed by atoms with Crippen LogP contribution in [0, 0.1) is 0 Å². The van der Waals surface area contributed by atoms with Crippen molar-refractivity contribution in [2.45, 2.75) is 92.9 Å². The molecule has 2 aromatic carbocycles. The van der Waals surface area contributed by atoms with Gasteiger partial charge in [-0.15, -0.1) is 0 Å². The van der Waals surface area contributed by atoms with E-state index in [2.05, 4.69) is 54.3 Å². The number of rotatable bonds is 21. The van der Waals surface area contributed by atoms with Gasteiger partial charge in [0, 0.05) is 74.9 Å². The zero-order chi connectivity index (χ0) is 52.7. The van der Waals surface area contributed by atoms with E-state index in [4.69, 9.17) is 29.7 Å². The lowest BCUT2D eigenvalue weighted by Gasteiger charge is -2.31. The van der Waals surface area contributed by atoms with Gasteiger partial charge in [-0.05, 0) is 89.0 Å². The van der Waals surface area contributed by atoms with Gasteiger partial charge >= 0.3 is 11.9 Å². The van der Waals surface area contributed by atoms with E-state index in [1.165, 1.54) is 0 Å².